The maximum atomic E-state index is 8.96. The lowest BCUT2D eigenvalue weighted by Crippen LogP contribution is -2.15. The Morgan fingerprint density at radius 2 is 2.25 bits per heavy atom. The van der Waals surface area contributed by atoms with Crippen LogP contribution in [0, 0.1) is 5.92 Å². The molecule has 16 heavy (non-hydrogen) atoms. The first-order valence-electron chi connectivity index (χ1n) is 6.09. The summed E-state index contributed by atoms with van der Waals surface area (Å²) in [5.41, 5.74) is 1.15. The van der Waals surface area contributed by atoms with Crippen molar-refractivity contribution in [3.8, 4) is 0 Å². The third-order valence-corrected chi connectivity index (χ3v) is 3.54. The lowest BCUT2D eigenvalue weighted by atomic mass is 10.0. The van der Waals surface area contributed by atoms with Crippen molar-refractivity contribution in [1.82, 2.24) is 4.98 Å². The van der Waals surface area contributed by atoms with Crippen molar-refractivity contribution in [2.24, 2.45) is 5.92 Å². The van der Waals surface area contributed by atoms with Gasteiger partial charge in [0.15, 0.2) is 5.13 Å². The van der Waals surface area contributed by atoms with E-state index in [1.54, 1.807) is 11.3 Å². The fraction of sp³-hybridized carbons (Fsp3) is 0.750. The van der Waals surface area contributed by atoms with Gasteiger partial charge in [-0.15, -0.1) is 11.3 Å². The van der Waals surface area contributed by atoms with Gasteiger partial charge in [0, 0.05) is 18.5 Å². The second-order valence-corrected chi connectivity index (χ2v) is 4.90. The van der Waals surface area contributed by atoms with E-state index in [0.717, 1.165) is 30.2 Å². The highest BCUT2D eigenvalue weighted by Crippen LogP contribution is 2.18. The SMILES string of the molecule is CCCC(CCO)CNc1nc(CC)cs1. The highest BCUT2D eigenvalue weighted by atomic mass is 32.1. The van der Waals surface area contributed by atoms with E-state index in [-0.39, 0.29) is 6.61 Å². The highest BCUT2D eigenvalue weighted by molar-refractivity contribution is 7.13. The molecule has 0 aromatic carbocycles. The van der Waals surface area contributed by atoms with Crippen molar-refractivity contribution in [1.29, 1.82) is 0 Å². The van der Waals surface area contributed by atoms with Crippen LogP contribution >= 0.6 is 11.3 Å². The molecule has 1 atom stereocenters. The predicted octanol–water partition coefficient (Wildman–Crippen LogP) is 2.92. The van der Waals surface area contributed by atoms with Crippen LogP contribution in [0.4, 0.5) is 5.13 Å². The van der Waals surface area contributed by atoms with Gasteiger partial charge in [0.2, 0.25) is 0 Å². The molecule has 0 aliphatic carbocycles. The van der Waals surface area contributed by atoms with Crippen LogP contribution in [0.15, 0.2) is 5.38 Å². The van der Waals surface area contributed by atoms with Crippen LogP contribution in [0.25, 0.3) is 0 Å². The van der Waals surface area contributed by atoms with Crippen LogP contribution in [0.5, 0.6) is 0 Å². The lowest BCUT2D eigenvalue weighted by molar-refractivity contribution is 0.255. The summed E-state index contributed by atoms with van der Waals surface area (Å²) < 4.78 is 0. The van der Waals surface area contributed by atoms with Gasteiger partial charge in [-0.2, -0.15) is 0 Å². The van der Waals surface area contributed by atoms with E-state index in [4.69, 9.17) is 5.11 Å². The number of hydrogen-bond donors (Lipinski definition) is 2. The summed E-state index contributed by atoms with van der Waals surface area (Å²) in [4.78, 5) is 4.47. The molecule has 92 valence electrons. The molecule has 0 saturated heterocycles. The molecule has 0 bridgehead atoms. The number of rotatable bonds is 8. The van der Waals surface area contributed by atoms with Gasteiger partial charge in [0.05, 0.1) is 5.69 Å². The second kappa shape index (κ2) is 7.63. The maximum Gasteiger partial charge on any atom is 0.182 e. The van der Waals surface area contributed by atoms with E-state index < -0.39 is 0 Å². The summed E-state index contributed by atoms with van der Waals surface area (Å²) in [6, 6.07) is 0. The molecular weight excluding hydrogens is 220 g/mol. The lowest BCUT2D eigenvalue weighted by Gasteiger charge is -2.14. The fourth-order valence-electron chi connectivity index (χ4n) is 1.72. The minimum atomic E-state index is 0.282. The van der Waals surface area contributed by atoms with Crippen LogP contribution in [0.3, 0.4) is 0 Å². The van der Waals surface area contributed by atoms with E-state index in [2.05, 4.69) is 29.5 Å². The fourth-order valence-corrected chi connectivity index (χ4v) is 2.53. The number of aromatic nitrogens is 1. The zero-order valence-electron chi connectivity index (χ0n) is 10.2. The van der Waals surface area contributed by atoms with E-state index in [0.29, 0.717) is 5.92 Å². The van der Waals surface area contributed by atoms with Gasteiger partial charge in [-0.25, -0.2) is 4.98 Å². The Bertz CT molecular complexity index is 282. The second-order valence-electron chi connectivity index (χ2n) is 4.05. The van der Waals surface area contributed by atoms with Gasteiger partial charge >= 0.3 is 0 Å². The van der Waals surface area contributed by atoms with Gasteiger partial charge in [-0.05, 0) is 25.2 Å². The largest absolute Gasteiger partial charge is 0.396 e. The molecule has 4 heteroatoms. The van der Waals surface area contributed by atoms with Crippen LogP contribution in [-0.4, -0.2) is 23.2 Å². The number of hydrogen-bond acceptors (Lipinski definition) is 4. The summed E-state index contributed by atoms with van der Waals surface area (Å²) in [5, 5.41) is 15.4. The molecule has 0 aliphatic rings. The molecule has 1 aromatic heterocycles. The smallest absolute Gasteiger partial charge is 0.182 e. The van der Waals surface area contributed by atoms with Crippen LogP contribution < -0.4 is 5.32 Å². The molecule has 3 nitrogen and oxygen atoms in total. The molecule has 0 fully saturated rings. The molecule has 0 radical (unpaired) electrons. The Morgan fingerprint density at radius 3 is 2.81 bits per heavy atom. The Labute approximate surface area is 102 Å². The topological polar surface area (TPSA) is 45.1 Å². The minimum Gasteiger partial charge on any atom is -0.396 e. The van der Waals surface area contributed by atoms with Gasteiger partial charge in [-0.1, -0.05) is 20.3 Å². The third kappa shape index (κ3) is 4.49. The van der Waals surface area contributed by atoms with Crippen molar-refractivity contribution >= 4 is 16.5 Å². The summed E-state index contributed by atoms with van der Waals surface area (Å²) >= 11 is 1.67. The van der Waals surface area contributed by atoms with Crippen molar-refractivity contribution in [2.45, 2.75) is 39.5 Å². The van der Waals surface area contributed by atoms with Crippen LogP contribution in [0.1, 0.15) is 38.8 Å². The van der Waals surface area contributed by atoms with Crippen LogP contribution in [0.2, 0.25) is 0 Å². The Hall–Kier alpha value is -0.610. The van der Waals surface area contributed by atoms with Gasteiger partial charge < -0.3 is 10.4 Å². The van der Waals surface area contributed by atoms with Crippen molar-refractivity contribution in [3.63, 3.8) is 0 Å². The Balaban J connectivity index is 2.35. The Morgan fingerprint density at radius 1 is 1.44 bits per heavy atom. The number of aliphatic hydroxyl groups is 1. The number of aryl methyl sites for hydroxylation is 1. The molecule has 0 spiro atoms. The van der Waals surface area contributed by atoms with Gasteiger partial charge in [-0.3, -0.25) is 0 Å². The van der Waals surface area contributed by atoms with E-state index >= 15 is 0 Å². The number of anilines is 1. The zero-order chi connectivity index (χ0) is 11.8. The number of nitrogens with zero attached hydrogens (tertiary/aromatic N) is 1. The van der Waals surface area contributed by atoms with E-state index in [1.165, 1.54) is 12.8 Å². The average molecular weight is 242 g/mol. The monoisotopic (exact) mass is 242 g/mol. The van der Waals surface area contributed by atoms with Crippen molar-refractivity contribution < 1.29 is 5.11 Å². The van der Waals surface area contributed by atoms with Gasteiger partial charge in [0.1, 0.15) is 0 Å². The third-order valence-electron chi connectivity index (χ3n) is 2.69. The first-order chi connectivity index (χ1) is 7.80. The quantitative estimate of drug-likeness (QED) is 0.736. The number of nitrogens with one attached hydrogen (secondary N) is 1. The molecule has 0 saturated carbocycles. The molecule has 1 rings (SSSR count). The first-order valence-corrected chi connectivity index (χ1v) is 6.97. The molecule has 1 unspecified atom stereocenters. The molecule has 1 heterocycles. The number of aliphatic hydroxyl groups excluding tert-OH is 1. The minimum absolute atomic E-state index is 0.282. The molecule has 2 N–H and O–H groups in total. The standard InChI is InChI=1S/C12H22N2OS/c1-3-5-10(6-7-15)8-13-12-14-11(4-2)9-16-12/h9-10,15H,3-8H2,1-2H3,(H,13,14). The van der Waals surface area contributed by atoms with Crippen molar-refractivity contribution in [2.75, 3.05) is 18.5 Å². The number of thiazole rings is 1. The van der Waals surface area contributed by atoms with Gasteiger partial charge in [0.25, 0.3) is 0 Å². The van der Waals surface area contributed by atoms with E-state index in [1.807, 2.05) is 0 Å². The average Bonchev–Trinajstić information content (AvgIpc) is 2.74. The van der Waals surface area contributed by atoms with E-state index in [9.17, 15) is 0 Å². The van der Waals surface area contributed by atoms with Crippen LogP contribution in [-0.2, 0) is 6.42 Å². The normalized spacial score (nSPS) is 12.7. The maximum absolute atomic E-state index is 8.96. The summed E-state index contributed by atoms with van der Waals surface area (Å²) in [7, 11) is 0. The molecular formula is C12H22N2OS. The summed E-state index contributed by atoms with van der Waals surface area (Å²) in [6.45, 7) is 5.50. The predicted molar refractivity (Wildman–Crippen MR) is 70.1 cm³/mol. The Kier molecular flexibility index (Phi) is 6.42. The first kappa shape index (κ1) is 13.5. The molecule has 1 aromatic rings. The molecule has 0 amide bonds. The van der Waals surface area contributed by atoms with Crippen molar-refractivity contribution in [3.05, 3.63) is 11.1 Å². The summed E-state index contributed by atoms with van der Waals surface area (Å²) in [6.07, 6.45) is 4.21. The molecule has 0 aliphatic heterocycles. The summed E-state index contributed by atoms with van der Waals surface area (Å²) in [5.74, 6) is 0.559. The zero-order valence-corrected chi connectivity index (χ0v) is 11.0. The highest BCUT2D eigenvalue weighted by Gasteiger charge is 2.08.